The topological polar surface area (TPSA) is 101 Å². The quantitative estimate of drug-likeness (QED) is 0.430. The summed E-state index contributed by atoms with van der Waals surface area (Å²) in [4.78, 5) is 42.1. The van der Waals surface area contributed by atoms with Crippen molar-refractivity contribution in [1.29, 1.82) is 0 Å². The summed E-state index contributed by atoms with van der Waals surface area (Å²) in [6.45, 7) is 7.67. The highest BCUT2D eigenvalue weighted by atomic mass is 35.5. The van der Waals surface area contributed by atoms with Crippen molar-refractivity contribution in [2.75, 3.05) is 0 Å². The molecule has 8 heteroatoms. The van der Waals surface area contributed by atoms with Gasteiger partial charge in [0.25, 0.3) is 5.56 Å². The zero-order valence-corrected chi connectivity index (χ0v) is 21.0. The summed E-state index contributed by atoms with van der Waals surface area (Å²) in [5.41, 5.74) is 3.54. The van der Waals surface area contributed by atoms with E-state index in [0.29, 0.717) is 17.0 Å². The summed E-state index contributed by atoms with van der Waals surface area (Å²) in [7, 11) is 0. The van der Waals surface area contributed by atoms with Crippen molar-refractivity contribution >= 4 is 23.5 Å². The van der Waals surface area contributed by atoms with Crippen LogP contribution in [0.5, 0.6) is 0 Å². The average Bonchev–Trinajstić information content (AvgIpc) is 2.77. The Labute approximate surface area is 209 Å². The van der Waals surface area contributed by atoms with E-state index in [4.69, 9.17) is 11.6 Å². The molecule has 0 saturated heterocycles. The largest absolute Gasteiger partial charge is 0.481 e. The summed E-state index contributed by atoms with van der Waals surface area (Å²) in [5, 5.41) is 13.0. The number of aliphatic carboxylic acids is 1. The molecule has 2 heterocycles. The lowest BCUT2D eigenvalue weighted by atomic mass is 9.97. The predicted molar refractivity (Wildman–Crippen MR) is 136 cm³/mol. The van der Waals surface area contributed by atoms with E-state index in [0.717, 1.165) is 22.3 Å². The van der Waals surface area contributed by atoms with Gasteiger partial charge in [-0.2, -0.15) is 0 Å². The lowest BCUT2D eigenvalue weighted by Crippen LogP contribution is -2.40. The molecule has 0 aliphatic heterocycles. The molecule has 2 atom stereocenters. The van der Waals surface area contributed by atoms with E-state index in [1.54, 1.807) is 36.8 Å². The molecule has 2 aromatic heterocycles. The van der Waals surface area contributed by atoms with Crippen LogP contribution < -0.4 is 10.9 Å². The zero-order chi connectivity index (χ0) is 25.7. The number of carboxylic acids is 1. The van der Waals surface area contributed by atoms with Gasteiger partial charge in [0.15, 0.2) is 0 Å². The minimum Gasteiger partial charge on any atom is -0.481 e. The Morgan fingerprint density at radius 1 is 1.14 bits per heavy atom. The molecule has 3 rings (SSSR count). The molecular weight excluding hydrogens is 466 g/mol. The van der Waals surface area contributed by atoms with Crippen LogP contribution in [-0.2, 0) is 9.59 Å². The number of halogens is 1. The highest BCUT2D eigenvalue weighted by Crippen LogP contribution is 2.32. The summed E-state index contributed by atoms with van der Waals surface area (Å²) in [5.74, 6) is -1.36. The van der Waals surface area contributed by atoms with Gasteiger partial charge in [0.1, 0.15) is 6.04 Å². The molecule has 0 spiro atoms. The van der Waals surface area contributed by atoms with Crippen LogP contribution in [0, 0.1) is 19.8 Å². The molecule has 0 bridgehead atoms. The van der Waals surface area contributed by atoms with E-state index in [1.165, 1.54) is 10.6 Å². The van der Waals surface area contributed by atoms with Crippen LogP contribution in [0.4, 0.5) is 0 Å². The minimum absolute atomic E-state index is 0.130. The molecular formula is C27H30ClN3O4. The standard InChI is InChI=1S/C27H30ClN3O4/c1-16(2)10-23(31-9-8-17(3)11-24(31)32)27(35)30-22(13-25(33)34)19-12-20(15-29-14-19)26-18(4)6-5-7-21(26)28/h5-9,11-12,14-16,22-23H,10,13H2,1-4H3,(H,30,35)(H,33,34)/t22-,23+/m0/s1. The lowest BCUT2D eigenvalue weighted by Gasteiger charge is -2.25. The maximum atomic E-state index is 13.4. The second-order valence-electron chi connectivity index (χ2n) is 9.19. The summed E-state index contributed by atoms with van der Waals surface area (Å²) >= 11 is 6.42. The number of amides is 1. The van der Waals surface area contributed by atoms with Crippen molar-refractivity contribution in [2.45, 2.75) is 52.6 Å². The highest BCUT2D eigenvalue weighted by molar-refractivity contribution is 6.33. The number of benzene rings is 1. The Kier molecular flexibility index (Phi) is 8.46. The van der Waals surface area contributed by atoms with Crippen LogP contribution in [0.1, 0.15) is 55.5 Å². The molecule has 2 N–H and O–H groups in total. The number of aromatic nitrogens is 2. The number of carboxylic acid groups (broad SMARTS) is 1. The molecule has 0 aliphatic rings. The van der Waals surface area contributed by atoms with Crippen molar-refractivity contribution in [1.82, 2.24) is 14.9 Å². The molecule has 0 aliphatic carbocycles. The SMILES string of the molecule is Cc1ccn([C@H](CC(C)C)C(=O)N[C@@H](CC(=O)O)c2cncc(-c3c(C)cccc3Cl)c2)c(=O)c1. The van der Waals surface area contributed by atoms with Gasteiger partial charge in [-0.25, -0.2) is 0 Å². The Hall–Kier alpha value is -3.45. The van der Waals surface area contributed by atoms with Crippen LogP contribution in [-0.4, -0.2) is 26.5 Å². The number of carbonyl (C=O) groups excluding carboxylic acids is 1. The van der Waals surface area contributed by atoms with E-state index in [9.17, 15) is 19.5 Å². The van der Waals surface area contributed by atoms with E-state index < -0.39 is 24.0 Å². The van der Waals surface area contributed by atoms with Crippen molar-refractivity contribution in [2.24, 2.45) is 5.92 Å². The number of rotatable bonds is 9. The van der Waals surface area contributed by atoms with Gasteiger partial charge in [0.05, 0.1) is 12.5 Å². The maximum Gasteiger partial charge on any atom is 0.305 e. The molecule has 0 saturated carbocycles. The van der Waals surface area contributed by atoms with Crippen molar-refractivity contribution in [3.63, 3.8) is 0 Å². The van der Waals surface area contributed by atoms with E-state index in [-0.39, 0.29) is 17.9 Å². The monoisotopic (exact) mass is 495 g/mol. The van der Waals surface area contributed by atoms with Crippen molar-refractivity contribution < 1.29 is 14.7 Å². The molecule has 0 radical (unpaired) electrons. The fraction of sp³-hybridized carbons (Fsp3) is 0.333. The molecule has 35 heavy (non-hydrogen) atoms. The highest BCUT2D eigenvalue weighted by Gasteiger charge is 2.27. The first-order chi connectivity index (χ1) is 16.6. The number of hydrogen-bond donors (Lipinski definition) is 2. The van der Waals surface area contributed by atoms with Gasteiger partial charge in [-0.05, 0) is 61.1 Å². The first kappa shape index (κ1) is 26.2. The number of pyridine rings is 2. The van der Waals surface area contributed by atoms with Gasteiger partial charge in [-0.15, -0.1) is 0 Å². The van der Waals surface area contributed by atoms with E-state index in [1.807, 2.05) is 39.8 Å². The van der Waals surface area contributed by atoms with Crippen molar-refractivity contribution in [3.05, 3.63) is 87.1 Å². The second kappa shape index (κ2) is 11.3. The Morgan fingerprint density at radius 2 is 1.89 bits per heavy atom. The van der Waals surface area contributed by atoms with Gasteiger partial charge >= 0.3 is 5.97 Å². The minimum atomic E-state index is -1.07. The third-order valence-corrected chi connectivity index (χ3v) is 6.12. The van der Waals surface area contributed by atoms with Crippen LogP contribution in [0.25, 0.3) is 11.1 Å². The Balaban J connectivity index is 1.98. The lowest BCUT2D eigenvalue weighted by molar-refractivity contribution is -0.138. The molecule has 184 valence electrons. The van der Waals surface area contributed by atoms with Crippen LogP contribution >= 0.6 is 11.6 Å². The number of carbonyl (C=O) groups is 2. The number of aryl methyl sites for hydroxylation is 2. The van der Waals surface area contributed by atoms with Crippen LogP contribution in [0.15, 0.2) is 59.8 Å². The Morgan fingerprint density at radius 3 is 2.51 bits per heavy atom. The molecule has 1 aromatic carbocycles. The fourth-order valence-corrected chi connectivity index (χ4v) is 4.45. The molecule has 7 nitrogen and oxygen atoms in total. The van der Waals surface area contributed by atoms with Gasteiger partial charge in [-0.1, -0.05) is 37.6 Å². The molecule has 3 aromatic rings. The summed E-state index contributed by atoms with van der Waals surface area (Å²) in [6.07, 6.45) is 4.89. The maximum absolute atomic E-state index is 13.4. The van der Waals surface area contributed by atoms with Gasteiger partial charge in [0, 0.05) is 40.8 Å². The third-order valence-electron chi connectivity index (χ3n) is 5.80. The Bertz CT molecular complexity index is 1270. The van der Waals surface area contributed by atoms with Crippen molar-refractivity contribution in [3.8, 4) is 11.1 Å². The molecule has 0 fully saturated rings. The number of nitrogens with zero attached hydrogens (tertiary/aromatic N) is 2. The van der Waals surface area contributed by atoms with Crippen LogP contribution in [0.3, 0.4) is 0 Å². The number of nitrogens with one attached hydrogen (secondary N) is 1. The average molecular weight is 496 g/mol. The van der Waals surface area contributed by atoms with E-state index >= 15 is 0 Å². The number of hydrogen-bond acceptors (Lipinski definition) is 4. The third kappa shape index (κ3) is 6.57. The van der Waals surface area contributed by atoms with E-state index in [2.05, 4.69) is 10.3 Å². The van der Waals surface area contributed by atoms with Crippen LogP contribution in [0.2, 0.25) is 5.02 Å². The summed E-state index contributed by atoms with van der Waals surface area (Å²) in [6, 6.07) is 9.00. The molecule has 1 amide bonds. The fourth-order valence-electron chi connectivity index (χ4n) is 4.12. The molecule has 0 unspecified atom stereocenters. The smallest absolute Gasteiger partial charge is 0.305 e. The van der Waals surface area contributed by atoms with Gasteiger partial charge in [-0.3, -0.25) is 19.4 Å². The normalized spacial score (nSPS) is 12.9. The summed E-state index contributed by atoms with van der Waals surface area (Å²) < 4.78 is 1.40. The second-order valence-corrected chi connectivity index (χ2v) is 9.60. The van der Waals surface area contributed by atoms with Gasteiger partial charge in [0.2, 0.25) is 5.91 Å². The first-order valence-corrected chi connectivity index (χ1v) is 11.9. The van der Waals surface area contributed by atoms with Gasteiger partial charge < -0.3 is 15.0 Å². The first-order valence-electron chi connectivity index (χ1n) is 11.5. The predicted octanol–water partition coefficient (Wildman–Crippen LogP) is 5.10. The zero-order valence-electron chi connectivity index (χ0n) is 20.3.